The Balaban J connectivity index is 2.88. The molecule has 0 aromatic heterocycles. The minimum absolute atomic E-state index is 0.415. The topological polar surface area (TPSA) is 63.4 Å². The molecular formula is C10H14F4N2O2. The van der Waals surface area contributed by atoms with Crippen LogP contribution in [0.3, 0.4) is 0 Å². The van der Waals surface area contributed by atoms with Crippen molar-refractivity contribution in [3.05, 3.63) is 0 Å². The van der Waals surface area contributed by atoms with Gasteiger partial charge in [-0.25, -0.2) is 8.78 Å². The molecule has 104 valence electrons. The van der Waals surface area contributed by atoms with Crippen LogP contribution in [0.4, 0.5) is 17.6 Å². The summed E-state index contributed by atoms with van der Waals surface area (Å²) in [6.45, 7) is -0.758. The highest BCUT2D eigenvalue weighted by Crippen LogP contribution is 2.30. The number of alkyl halides is 4. The summed E-state index contributed by atoms with van der Waals surface area (Å²) in [7, 11) is 0. The molecule has 2 amide bonds. The Bertz CT molecular complexity index is 330. The summed E-state index contributed by atoms with van der Waals surface area (Å²) in [5.41, 5.74) is 4.85. The van der Waals surface area contributed by atoms with Gasteiger partial charge in [-0.1, -0.05) is 12.8 Å². The molecule has 1 aliphatic rings. The summed E-state index contributed by atoms with van der Waals surface area (Å²) in [5, 5.41) is 0. The van der Waals surface area contributed by atoms with Crippen molar-refractivity contribution in [2.75, 3.05) is 6.54 Å². The van der Waals surface area contributed by atoms with E-state index in [-0.39, 0.29) is 0 Å². The van der Waals surface area contributed by atoms with Gasteiger partial charge in [0.1, 0.15) is 0 Å². The van der Waals surface area contributed by atoms with E-state index in [9.17, 15) is 27.2 Å². The van der Waals surface area contributed by atoms with E-state index in [0.717, 1.165) is 0 Å². The van der Waals surface area contributed by atoms with Crippen molar-refractivity contribution in [1.29, 1.82) is 0 Å². The lowest BCUT2D eigenvalue weighted by Gasteiger charge is -2.30. The molecule has 0 heterocycles. The number of halogens is 4. The van der Waals surface area contributed by atoms with Gasteiger partial charge in [-0.15, -0.1) is 0 Å². The molecule has 0 radical (unpaired) electrons. The highest BCUT2D eigenvalue weighted by Gasteiger charge is 2.52. The summed E-state index contributed by atoms with van der Waals surface area (Å²) in [4.78, 5) is 22.7. The van der Waals surface area contributed by atoms with Crippen molar-refractivity contribution in [2.24, 2.45) is 5.73 Å². The zero-order valence-electron chi connectivity index (χ0n) is 9.54. The average Bonchev–Trinajstić information content (AvgIpc) is 2.77. The van der Waals surface area contributed by atoms with E-state index >= 15 is 0 Å². The largest absolute Gasteiger partial charge is 0.383 e. The second kappa shape index (κ2) is 5.53. The summed E-state index contributed by atoms with van der Waals surface area (Å²) >= 11 is 0. The van der Waals surface area contributed by atoms with Gasteiger partial charge in [-0.2, -0.15) is 8.78 Å². The highest BCUT2D eigenvalue weighted by molar-refractivity contribution is 5.88. The van der Waals surface area contributed by atoms with Crippen LogP contribution in [0.25, 0.3) is 0 Å². The van der Waals surface area contributed by atoms with Crippen molar-refractivity contribution in [1.82, 2.24) is 4.90 Å². The molecular weight excluding hydrogens is 256 g/mol. The van der Waals surface area contributed by atoms with E-state index in [0.29, 0.717) is 30.6 Å². The standard InChI is InChI=1S/C10H14F4N2O2/c11-8(12)10(13,14)9(18)16(5-7(15)17)6-3-1-2-4-6/h6,8H,1-5H2,(H2,15,17). The normalized spacial score (nSPS) is 17.2. The number of hydrogen-bond donors (Lipinski definition) is 1. The lowest BCUT2D eigenvalue weighted by Crippen LogP contribution is -2.53. The maximum absolute atomic E-state index is 13.0. The second-order valence-electron chi connectivity index (χ2n) is 4.26. The van der Waals surface area contributed by atoms with Crippen LogP contribution in [-0.2, 0) is 9.59 Å². The van der Waals surface area contributed by atoms with Crippen LogP contribution in [0.15, 0.2) is 0 Å². The molecule has 0 saturated heterocycles. The van der Waals surface area contributed by atoms with Crippen molar-refractivity contribution in [3.63, 3.8) is 0 Å². The number of amides is 2. The van der Waals surface area contributed by atoms with E-state index in [1.54, 1.807) is 0 Å². The van der Waals surface area contributed by atoms with Crippen LogP contribution < -0.4 is 5.73 Å². The van der Waals surface area contributed by atoms with Crippen molar-refractivity contribution >= 4 is 11.8 Å². The molecule has 1 saturated carbocycles. The van der Waals surface area contributed by atoms with E-state index in [4.69, 9.17) is 5.73 Å². The van der Waals surface area contributed by atoms with Crippen molar-refractivity contribution < 1.29 is 27.2 Å². The molecule has 0 aliphatic heterocycles. The van der Waals surface area contributed by atoms with Crippen LogP contribution in [0.2, 0.25) is 0 Å². The molecule has 2 N–H and O–H groups in total. The zero-order valence-corrected chi connectivity index (χ0v) is 9.54. The van der Waals surface area contributed by atoms with Gasteiger partial charge in [0.2, 0.25) is 5.91 Å². The first-order valence-corrected chi connectivity index (χ1v) is 5.52. The third-order valence-electron chi connectivity index (χ3n) is 2.91. The van der Waals surface area contributed by atoms with Crippen molar-refractivity contribution in [3.8, 4) is 0 Å². The van der Waals surface area contributed by atoms with E-state index in [1.165, 1.54) is 0 Å². The molecule has 0 bridgehead atoms. The number of carbonyl (C=O) groups is 2. The number of primary amides is 1. The monoisotopic (exact) mass is 270 g/mol. The summed E-state index contributed by atoms with van der Waals surface area (Å²) in [6.07, 6.45) is -1.86. The molecule has 1 fully saturated rings. The van der Waals surface area contributed by atoms with E-state index in [2.05, 4.69) is 0 Å². The molecule has 0 spiro atoms. The Hall–Kier alpha value is -1.34. The van der Waals surface area contributed by atoms with Crippen LogP contribution in [0.1, 0.15) is 25.7 Å². The van der Waals surface area contributed by atoms with Gasteiger partial charge < -0.3 is 10.6 Å². The fraction of sp³-hybridized carbons (Fsp3) is 0.800. The average molecular weight is 270 g/mol. The van der Waals surface area contributed by atoms with Gasteiger partial charge in [-0.3, -0.25) is 9.59 Å². The van der Waals surface area contributed by atoms with Gasteiger partial charge in [0, 0.05) is 6.04 Å². The first-order chi connectivity index (χ1) is 8.26. The first-order valence-electron chi connectivity index (χ1n) is 5.52. The first kappa shape index (κ1) is 14.7. The predicted octanol–water partition coefficient (Wildman–Crippen LogP) is 1.14. The van der Waals surface area contributed by atoms with Crippen LogP contribution in [0.5, 0.6) is 0 Å². The zero-order chi connectivity index (χ0) is 13.9. The Morgan fingerprint density at radius 3 is 2.17 bits per heavy atom. The minimum Gasteiger partial charge on any atom is -0.368 e. The smallest absolute Gasteiger partial charge is 0.368 e. The molecule has 0 aromatic carbocycles. The van der Waals surface area contributed by atoms with E-state index in [1.807, 2.05) is 0 Å². The lowest BCUT2D eigenvalue weighted by atomic mass is 10.1. The fourth-order valence-corrected chi connectivity index (χ4v) is 2.04. The SMILES string of the molecule is NC(=O)CN(C(=O)C(F)(F)C(F)F)C1CCCC1. The third kappa shape index (κ3) is 3.11. The Morgan fingerprint density at radius 1 is 1.28 bits per heavy atom. The lowest BCUT2D eigenvalue weighted by molar-refractivity contribution is -0.183. The van der Waals surface area contributed by atoms with Crippen LogP contribution >= 0.6 is 0 Å². The molecule has 0 aromatic rings. The number of hydrogen-bond acceptors (Lipinski definition) is 2. The quantitative estimate of drug-likeness (QED) is 0.761. The summed E-state index contributed by atoms with van der Waals surface area (Å²) < 4.78 is 50.3. The van der Waals surface area contributed by atoms with Gasteiger partial charge in [0.15, 0.2) is 0 Å². The number of rotatable bonds is 5. The van der Waals surface area contributed by atoms with Gasteiger partial charge >= 0.3 is 12.3 Å². The van der Waals surface area contributed by atoms with Crippen LogP contribution in [0, 0.1) is 0 Å². The Kier molecular flexibility index (Phi) is 4.53. The van der Waals surface area contributed by atoms with Crippen LogP contribution in [-0.4, -0.2) is 41.6 Å². The maximum Gasteiger partial charge on any atom is 0.383 e. The summed E-state index contributed by atoms with van der Waals surface area (Å²) in [6, 6.07) is -0.616. The number of nitrogens with zero attached hydrogens (tertiary/aromatic N) is 1. The molecule has 1 rings (SSSR count). The molecule has 8 heteroatoms. The van der Waals surface area contributed by atoms with Gasteiger partial charge in [0.05, 0.1) is 6.54 Å². The molecule has 0 atom stereocenters. The Morgan fingerprint density at radius 2 is 1.78 bits per heavy atom. The predicted molar refractivity (Wildman–Crippen MR) is 54.1 cm³/mol. The van der Waals surface area contributed by atoms with Crippen molar-refractivity contribution in [2.45, 2.75) is 44.1 Å². The summed E-state index contributed by atoms with van der Waals surface area (Å²) in [5.74, 6) is -7.80. The van der Waals surface area contributed by atoms with Gasteiger partial charge in [0.25, 0.3) is 5.91 Å². The minimum atomic E-state index is -4.78. The fourth-order valence-electron chi connectivity index (χ4n) is 2.04. The Labute approximate surface area is 101 Å². The molecule has 4 nitrogen and oxygen atoms in total. The molecule has 18 heavy (non-hydrogen) atoms. The number of carbonyl (C=O) groups excluding carboxylic acids is 2. The third-order valence-corrected chi connectivity index (χ3v) is 2.91. The number of nitrogens with two attached hydrogens (primary N) is 1. The maximum atomic E-state index is 13.0. The highest BCUT2D eigenvalue weighted by atomic mass is 19.3. The molecule has 0 unspecified atom stereocenters. The molecule has 1 aliphatic carbocycles. The van der Waals surface area contributed by atoms with Gasteiger partial charge in [-0.05, 0) is 12.8 Å². The van der Waals surface area contributed by atoms with E-state index < -0.39 is 36.7 Å². The second-order valence-corrected chi connectivity index (χ2v) is 4.26.